The van der Waals surface area contributed by atoms with Gasteiger partial charge < -0.3 is 11.1 Å². The van der Waals surface area contributed by atoms with Crippen LogP contribution in [0.3, 0.4) is 0 Å². The number of amidine groups is 2. The Morgan fingerprint density at radius 2 is 2.29 bits per heavy atom. The average molecular weight is 266 g/mol. The second-order valence-electron chi connectivity index (χ2n) is 3.55. The molecule has 1 aliphatic rings. The minimum atomic E-state index is 0.176. The first kappa shape index (κ1) is 12.3. The van der Waals surface area contributed by atoms with E-state index >= 15 is 0 Å². The molecular weight excluding hydrogens is 252 g/mol. The molecule has 1 atom stereocenters. The molecule has 0 amide bonds. The predicted molar refractivity (Wildman–Crippen MR) is 78.1 cm³/mol. The number of thioether (sulfide) groups is 2. The van der Waals surface area contributed by atoms with E-state index in [9.17, 15) is 0 Å². The molecule has 17 heavy (non-hydrogen) atoms. The number of aliphatic imine (C=N–C) groups is 1. The smallest absolute Gasteiger partial charge is 0.161 e. The van der Waals surface area contributed by atoms with Gasteiger partial charge in [-0.1, -0.05) is 41.7 Å². The van der Waals surface area contributed by atoms with E-state index in [0.717, 1.165) is 23.2 Å². The van der Waals surface area contributed by atoms with Crippen molar-refractivity contribution < 1.29 is 0 Å². The quantitative estimate of drug-likeness (QED) is 0.579. The van der Waals surface area contributed by atoms with E-state index in [1.54, 1.807) is 11.8 Å². The monoisotopic (exact) mass is 266 g/mol. The van der Waals surface area contributed by atoms with Crippen LogP contribution in [0.15, 0.2) is 35.3 Å². The number of benzene rings is 1. The van der Waals surface area contributed by atoms with Gasteiger partial charge in [0.15, 0.2) is 10.3 Å². The molecule has 0 aliphatic carbocycles. The fourth-order valence-electron chi connectivity index (χ4n) is 1.40. The Morgan fingerprint density at radius 1 is 1.53 bits per heavy atom. The number of rotatable bonds is 3. The Bertz CT molecular complexity index is 419. The van der Waals surface area contributed by atoms with Crippen molar-refractivity contribution in [3.8, 4) is 0 Å². The number of nitrogens with two attached hydrogens (primary N) is 1. The Hall–Kier alpha value is -1.14. The molecule has 0 unspecified atom stereocenters. The van der Waals surface area contributed by atoms with Crippen molar-refractivity contribution in [2.45, 2.75) is 5.25 Å². The summed E-state index contributed by atoms with van der Waals surface area (Å²) in [6.45, 7) is 0.792. The number of hydrogen-bond acceptors (Lipinski definition) is 5. The Morgan fingerprint density at radius 3 is 3.00 bits per heavy atom. The molecule has 4 N–H and O–H groups in total. The maximum atomic E-state index is 7.17. The highest BCUT2D eigenvalue weighted by molar-refractivity contribution is 8.17. The van der Waals surface area contributed by atoms with E-state index < -0.39 is 0 Å². The minimum absolute atomic E-state index is 0.176. The summed E-state index contributed by atoms with van der Waals surface area (Å²) < 4.78 is 0. The summed E-state index contributed by atoms with van der Waals surface area (Å²) in [5, 5.41) is 12.0. The molecule has 0 bridgehead atoms. The molecule has 0 saturated carbocycles. The Balaban J connectivity index is 1.80. The van der Waals surface area contributed by atoms with Crippen molar-refractivity contribution in [2.24, 2.45) is 10.7 Å². The van der Waals surface area contributed by atoms with Gasteiger partial charge in [0.25, 0.3) is 0 Å². The van der Waals surface area contributed by atoms with Gasteiger partial charge in [0.2, 0.25) is 0 Å². The van der Waals surface area contributed by atoms with Gasteiger partial charge in [-0.3, -0.25) is 10.4 Å². The van der Waals surface area contributed by atoms with Gasteiger partial charge >= 0.3 is 0 Å². The molecule has 0 radical (unpaired) electrons. The zero-order valence-corrected chi connectivity index (χ0v) is 10.9. The molecule has 1 aromatic carbocycles. The Kier molecular flexibility index (Phi) is 4.33. The lowest BCUT2D eigenvalue weighted by molar-refractivity contribution is 0.988. The number of nitrogens with one attached hydrogen (secondary N) is 2. The van der Waals surface area contributed by atoms with Crippen molar-refractivity contribution in [3.63, 3.8) is 0 Å². The molecule has 1 aromatic rings. The molecule has 0 aromatic heterocycles. The van der Waals surface area contributed by atoms with Gasteiger partial charge in [-0.15, -0.1) is 0 Å². The Labute approximate surface area is 109 Å². The summed E-state index contributed by atoms with van der Waals surface area (Å²) in [6, 6.07) is 10.00. The first-order chi connectivity index (χ1) is 8.24. The summed E-state index contributed by atoms with van der Waals surface area (Å²) in [5.41, 5.74) is 6.37. The molecule has 2 rings (SSSR count). The maximum Gasteiger partial charge on any atom is 0.161 e. The molecule has 0 saturated heterocycles. The molecule has 6 heteroatoms. The van der Waals surface area contributed by atoms with Gasteiger partial charge in [-0.05, 0) is 12.1 Å². The third-order valence-corrected chi connectivity index (χ3v) is 4.36. The van der Waals surface area contributed by atoms with Crippen LogP contribution in [0.4, 0.5) is 5.69 Å². The summed E-state index contributed by atoms with van der Waals surface area (Å²) in [4.78, 5) is 4.43. The third-order valence-electron chi connectivity index (χ3n) is 2.17. The molecule has 1 heterocycles. The standard InChI is InChI=1S/C11H14N4S2/c12-10(13)16-7-9-6-14-11(17-9)15-8-4-2-1-3-5-8/h1-5,9H,6-7H2,(H3,12,13)(H,14,15)/t9-/m1/s1. The van der Waals surface area contributed by atoms with Gasteiger partial charge in [-0.2, -0.15) is 0 Å². The second kappa shape index (κ2) is 5.97. The van der Waals surface area contributed by atoms with Crippen LogP contribution < -0.4 is 11.1 Å². The van der Waals surface area contributed by atoms with Crippen LogP contribution in [0.5, 0.6) is 0 Å². The summed E-state index contributed by atoms with van der Waals surface area (Å²) in [5.74, 6) is 0.837. The SMILES string of the molecule is N=C(N)SC[C@H]1CN=C(Nc2ccccc2)S1. The van der Waals surface area contributed by atoms with Crippen molar-refractivity contribution in [1.82, 2.24) is 0 Å². The zero-order valence-electron chi connectivity index (χ0n) is 9.22. The van der Waals surface area contributed by atoms with Gasteiger partial charge in [0.05, 0.1) is 6.54 Å². The highest BCUT2D eigenvalue weighted by Crippen LogP contribution is 2.25. The van der Waals surface area contributed by atoms with E-state index in [4.69, 9.17) is 11.1 Å². The van der Waals surface area contributed by atoms with E-state index in [-0.39, 0.29) is 5.17 Å². The third kappa shape index (κ3) is 3.98. The van der Waals surface area contributed by atoms with Crippen molar-refractivity contribution in [1.29, 1.82) is 5.41 Å². The predicted octanol–water partition coefficient (Wildman–Crippen LogP) is 2.20. The fraction of sp³-hybridized carbons (Fsp3) is 0.273. The van der Waals surface area contributed by atoms with Crippen LogP contribution in [0.25, 0.3) is 0 Å². The fourth-order valence-corrected chi connectivity index (χ4v) is 3.14. The average Bonchev–Trinajstić information content (AvgIpc) is 2.75. The molecule has 1 aliphatic heterocycles. The zero-order chi connectivity index (χ0) is 12.1. The molecule has 0 spiro atoms. The second-order valence-corrected chi connectivity index (χ2v) is 5.90. The first-order valence-corrected chi connectivity index (χ1v) is 7.10. The van der Waals surface area contributed by atoms with Crippen molar-refractivity contribution in [3.05, 3.63) is 30.3 Å². The molecule has 4 nitrogen and oxygen atoms in total. The normalized spacial score (nSPS) is 18.8. The maximum absolute atomic E-state index is 7.17. The molecular formula is C11H14N4S2. The minimum Gasteiger partial charge on any atom is -0.379 e. The summed E-state index contributed by atoms with van der Waals surface area (Å²) in [7, 11) is 0. The van der Waals surface area contributed by atoms with E-state index in [0.29, 0.717) is 5.25 Å². The van der Waals surface area contributed by atoms with Crippen LogP contribution in [-0.2, 0) is 0 Å². The highest BCUT2D eigenvalue weighted by atomic mass is 32.2. The van der Waals surface area contributed by atoms with Crippen LogP contribution in [0, 0.1) is 5.41 Å². The number of hydrogen-bond donors (Lipinski definition) is 3. The number of para-hydroxylation sites is 1. The molecule has 0 fully saturated rings. The summed E-state index contributed by atoms with van der Waals surface area (Å²) in [6.07, 6.45) is 0. The van der Waals surface area contributed by atoms with Crippen molar-refractivity contribution in [2.75, 3.05) is 17.6 Å². The largest absolute Gasteiger partial charge is 0.379 e. The number of nitrogens with zero attached hydrogens (tertiary/aromatic N) is 1. The van der Waals surface area contributed by atoms with Crippen LogP contribution in [-0.4, -0.2) is 27.9 Å². The van der Waals surface area contributed by atoms with E-state index in [1.165, 1.54) is 11.8 Å². The lowest BCUT2D eigenvalue weighted by Crippen LogP contribution is -2.13. The lowest BCUT2D eigenvalue weighted by Gasteiger charge is -2.08. The van der Waals surface area contributed by atoms with Gasteiger partial charge in [0, 0.05) is 16.7 Å². The number of anilines is 1. The van der Waals surface area contributed by atoms with Crippen LogP contribution >= 0.6 is 23.5 Å². The van der Waals surface area contributed by atoms with Gasteiger partial charge in [-0.25, -0.2) is 0 Å². The lowest BCUT2D eigenvalue weighted by atomic mass is 10.3. The first-order valence-electron chi connectivity index (χ1n) is 5.24. The van der Waals surface area contributed by atoms with Crippen molar-refractivity contribution >= 4 is 39.5 Å². The van der Waals surface area contributed by atoms with E-state index in [1.807, 2.05) is 30.3 Å². The van der Waals surface area contributed by atoms with Crippen LogP contribution in [0.2, 0.25) is 0 Å². The van der Waals surface area contributed by atoms with E-state index in [2.05, 4.69) is 10.3 Å². The molecule has 90 valence electrons. The van der Waals surface area contributed by atoms with Gasteiger partial charge in [0.1, 0.15) is 0 Å². The van der Waals surface area contributed by atoms with Crippen LogP contribution in [0.1, 0.15) is 0 Å². The topological polar surface area (TPSA) is 74.3 Å². The highest BCUT2D eigenvalue weighted by Gasteiger charge is 2.19. The summed E-state index contributed by atoms with van der Waals surface area (Å²) >= 11 is 3.09.